The lowest BCUT2D eigenvalue weighted by Crippen LogP contribution is -2.18. The van der Waals surface area contributed by atoms with Crippen LogP contribution in [0.15, 0.2) is 36.4 Å². The predicted molar refractivity (Wildman–Crippen MR) is 71.5 cm³/mol. The fourth-order valence-electron chi connectivity index (χ4n) is 1.98. The third kappa shape index (κ3) is 3.60. The van der Waals surface area contributed by atoms with Crippen molar-refractivity contribution in [3.63, 3.8) is 0 Å². The van der Waals surface area contributed by atoms with Crippen molar-refractivity contribution in [2.24, 2.45) is 0 Å². The Morgan fingerprint density at radius 2 is 1.75 bits per heavy atom. The second-order valence-corrected chi connectivity index (χ2v) is 4.44. The summed E-state index contributed by atoms with van der Waals surface area (Å²) >= 11 is 0. The van der Waals surface area contributed by atoms with Crippen LogP contribution in [0.4, 0.5) is 0 Å². The number of carbonyl (C=O) groups excluding carboxylic acids is 2. The van der Waals surface area contributed by atoms with Crippen LogP contribution in [0.1, 0.15) is 23.7 Å². The van der Waals surface area contributed by atoms with Gasteiger partial charge in [0.2, 0.25) is 0 Å². The first-order chi connectivity index (χ1) is 9.58. The Kier molecular flexibility index (Phi) is 4.40. The number of carbonyl (C=O) groups is 2. The zero-order valence-electron chi connectivity index (χ0n) is 11.4. The highest BCUT2D eigenvalue weighted by molar-refractivity contribution is 5.89. The van der Waals surface area contributed by atoms with Gasteiger partial charge in [0.25, 0.3) is 0 Å². The number of rotatable bonds is 4. The number of hydrogen-bond acceptors (Lipinski definition) is 5. The third-order valence-corrected chi connectivity index (χ3v) is 2.89. The summed E-state index contributed by atoms with van der Waals surface area (Å²) in [5.41, 5.74) is 0.472. The highest BCUT2D eigenvalue weighted by atomic mass is 16.5. The molecule has 20 heavy (non-hydrogen) atoms. The van der Waals surface area contributed by atoms with Gasteiger partial charge in [-0.1, -0.05) is 0 Å². The van der Waals surface area contributed by atoms with E-state index in [9.17, 15) is 9.59 Å². The summed E-state index contributed by atoms with van der Waals surface area (Å²) in [6.07, 6.45) is 3.91. The average Bonchev–Trinajstić information content (AvgIpc) is 2.85. The molecular weight excluding hydrogens is 260 g/mol. The SMILES string of the molecule is COC(=O)c1ccc(OC2C=CC(OC(C)=O)C2)cc1. The molecule has 0 amide bonds. The molecule has 2 atom stereocenters. The summed E-state index contributed by atoms with van der Waals surface area (Å²) in [5.74, 6) is -0.0363. The molecular formula is C15H16O5. The average molecular weight is 276 g/mol. The molecule has 2 rings (SSSR count). The smallest absolute Gasteiger partial charge is 0.337 e. The molecule has 106 valence electrons. The van der Waals surface area contributed by atoms with Gasteiger partial charge in [0.15, 0.2) is 0 Å². The van der Waals surface area contributed by atoms with Crippen LogP contribution < -0.4 is 4.74 Å². The predicted octanol–water partition coefficient (Wildman–Crippen LogP) is 2.11. The first-order valence-electron chi connectivity index (χ1n) is 6.29. The van der Waals surface area contributed by atoms with E-state index in [2.05, 4.69) is 4.74 Å². The Morgan fingerprint density at radius 1 is 1.10 bits per heavy atom. The number of benzene rings is 1. The molecule has 1 aliphatic rings. The second kappa shape index (κ2) is 6.23. The summed E-state index contributed by atoms with van der Waals surface area (Å²) < 4.78 is 15.4. The van der Waals surface area contributed by atoms with Crippen molar-refractivity contribution >= 4 is 11.9 Å². The molecule has 1 aliphatic carbocycles. The van der Waals surface area contributed by atoms with E-state index in [1.165, 1.54) is 14.0 Å². The first-order valence-corrected chi connectivity index (χ1v) is 6.29. The molecule has 0 saturated carbocycles. The molecule has 0 radical (unpaired) electrons. The van der Waals surface area contributed by atoms with Crippen LogP contribution >= 0.6 is 0 Å². The van der Waals surface area contributed by atoms with Crippen molar-refractivity contribution in [1.29, 1.82) is 0 Å². The van der Waals surface area contributed by atoms with E-state index in [0.717, 1.165) is 0 Å². The third-order valence-electron chi connectivity index (χ3n) is 2.89. The molecule has 2 unspecified atom stereocenters. The van der Waals surface area contributed by atoms with Crippen LogP contribution in [0.2, 0.25) is 0 Å². The van der Waals surface area contributed by atoms with Gasteiger partial charge in [0.1, 0.15) is 18.0 Å². The minimum Gasteiger partial charge on any atom is -0.486 e. The molecule has 0 N–H and O–H groups in total. The fraction of sp³-hybridized carbons (Fsp3) is 0.333. The number of hydrogen-bond donors (Lipinski definition) is 0. The van der Waals surface area contributed by atoms with E-state index in [-0.39, 0.29) is 24.1 Å². The van der Waals surface area contributed by atoms with Crippen LogP contribution in [0.25, 0.3) is 0 Å². The van der Waals surface area contributed by atoms with E-state index in [0.29, 0.717) is 17.7 Å². The Balaban J connectivity index is 1.90. The van der Waals surface area contributed by atoms with Gasteiger partial charge in [-0.25, -0.2) is 4.79 Å². The quantitative estimate of drug-likeness (QED) is 0.622. The van der Waals surface area contributed by atoms with Gasteiger partial charge in [0.05, 0.1) is 12.7 Å². The van der Waals surface area contributed by atoms with Crippen LogP contribution in [0, 0.1) is 0 Å². The lowest BCUT2D eigenvalue weighted by atomic mass is 10.2. The lowest BCUT2D eigenvalue weighted by molar-refractivity contribution is -0.144. The number of methoxy groups -OCH3 is 1. The minimum absolute atomic E-state index is 0.136. The fourth-order valence-corrected chi connectivity index (χ4v) is 1.98. The van der Waals surface area contributed by atoms with Gasteiger partial charge < -0.3 is 14.2 Å². The van der Waals surface area contributed by atoms with Crippen LogP contribution in [0.5, 0.6) is 5.75 Å². The van der Waals surface area contributed by atoms with Crippen molar-refractivity contribution in [1.82, 2.24) is 0 Å². The minimum atomic E-state index is -0.382. The number of esters is 2. The maximum absolute atomic E-state index is 11.3. The van der Waals surface area contributed by atoms with Crippen LogP contribution in [-0.2, 0) is 14.3 Å². The molecule has 0 saturated heterocycles. The summed E-state index contributed by atoms with van der Waals surface area (Å²) in [6, 6.07) is 6.70. The molecule has 0 fully saturated rings. The summed E-state index contributed by atoms with van der Waals surface area (Å²) in [6.45, 7) is 1.38. The van der Waals surface area contributed by atoms with Gasteiger partial charge >= 0.3 is 11.9 Å². The molecule has 0 aliphatic heterocycles. The zero-order chi connectivity index (χ0) is 14.5. The van der Waals surface area contributed by atoms with Crippen molar-refractivity contribution in [3.05, 3.63) is 42.0 Å². The normalized spacial score (nSPS) is 20.5. The Morgan fingerprint density at radius 3 is 2.35 bits per heavy atom. The second-order valence-electron chi connectivity index (χ2n) is 4.44. The van der Waals surface area contributed by atoms with E-state index in [4.69, 9.17) is 9.47 Å². The van der Waals surface area contributed by atoms with Gasteiger partial charge in [-0.3, -0.25) is 4.79 Å². The molecule has 5 nitrogen and oxygen atoms in total. The Bertz CT molecular complexity index is 518. The molecule has 0 bridgehead atoms. The van der Waals surface area contributed by atoms with E-state index < -0.39 is 0 Å². The van der Waals surface area contributed by atoms with Crippen LogP contribution in [-0.4, -0.2) is 31.3 Å². The summed E-state index contributed by atoms with van der Waals surface area (Å²) in [7, 11) is 1.34. The van der Waals surface area contributed by atoms with Crippen molar-refractivity contribution < 1.29 is 23.8 Å². The summed E-state index contributed by atoms with van der Waals surface area (Å²) in [5, 5.41) is 0. The van der Waals surface area contributed by atoms with Crippen molar-refractivity contribution in [2.75, 3.05) is 7.11 Å². The molecule has 0 spiro atoms. The molecule has 0 aromatic heterocycles. The van der Waals surface area contributed by atoms with E-state index in [1.54, 1.807) is 24.3 Å². The number of ether oxygens (including phenoxy) is 3. The largest absolute Gasteiger partial charge is 0.486 e. The first kappa shape index (κ1) is 14.1. The monoisotopic (exact) mass is 276 g/mol. The zero-order valence-corrected chi connectivity index (χ0v) is 11.4. The maximum atomic E-state index is 11.3. The van der Waals surface area contributed by atoms with E-state index >= 15 is 0 Å². The molecule has 5 heteroatoms. The van der Waals surface area contributed by atoms with Crippen LogP contribution in [0.3, 0.4) is 0 Å². The van der Waals surface area contributed by atoms with Gasteiger partial charge in [-0.15, -0.1) is 0 Å². The summed E-state index contributed by atoms with van der Waals surface area (Å²) in [4.78, 5) is 22.1. The van der Waals surface area contributed by atoms with Crippen molar-refractivity contribution in [2.45, 2.75) is 25.6 Å². The maximum Gasteiger partial charge on any atom is 0.337 e. The molecule has 0 heterocycles. The molecule has 1 aromatic rings. The Labute approximate surface area is 117 Å². The standard InChI is InChI=1S/C15H16O5/c1-10(16)19-13-7-8-14(9-13)20-12-5-3-11(4-6-12)15(17)18-2/h3-8,13-14H,9H2,1-2H3. The Hall–Kier alpha value is -2.30. The van der Waals surface area contributed by atoms with Gasteiger partial charge in [0, 0.05) is 13.3 Å². The van der Waals surface area contributed by atoms with Gasteiger partial charge in [-0.05, 0) is 36.4 Å². The van der Waals surface area contributed by atoms with E-state index in [1.807, 2.05) is 12.2 Å². The molecule has 1 aromatic carbocycles. The van der Waals surface area contributed by atoms with Crippen molar-refractivity contribution in [3.8, 4) is 5.75 Å². The highest BCUT2D eigenvalue weighted by Crippen LogP contribution is 2.21. The topological polar surface area (TPSA) is 61.8 Å². The lowest BCUT2D eigenvalue weighted by Gasteiger charge is -2.14. The highest BCUT2D eigenvalue weighted by Gasteiger charge is 2.22. The van der Waals surface area contributed by atoms with Gasteiger partial charge in [-0.2, -0.15) is 0 Å².